The molecule has 2 aromatic carbocycles. The highest BCUT2D eigenvalue weighted by atomic mass is 32.1. The van der Waals surface area contributed by atoms with Crippen LogP contribution < -0.4 is 15.4 Å². The number of carbonyl (C=O) groups excluding carboxylic acids is 2. The molecular weight excluding hydrogens is 443 g/mol. The number of amides is 2. The van der Waals surface area contributed by atoms with E-state index >= 15 is 0 Å². The van der Waals surface area contributed by atoms with Crippen molar-refractivity contribution in [1.29, 1.82) is 0 Å². The zero-order valence-corrected chi connectivity index (χ0v) is 18.7. The molecule has 170 valence electrons. The largest absolute Gasteiger partial charge is 0.490 e. The fourth-order valence-corrected chi connectivity index (χ4v) is 4.71. The minimum absolute atomic E-state index is 0.0641. The number of aromatic nitrogens is 1. The van der Waals surface area contributed by atoms with Crippen molar-refractivity contribution in [3.63, 3.8) is 0 Å². The Morgan fingerprint density at radius 3 is 2.73 bits per heavy atom. The second kappa shape index (κ2) is 9.29. The van der Waals surface area contributed by atoms with E-state index in [1.165, 1.54) is 22.3 Å². The number of ether oxygens (including phenoxy) is 1. The maximum atomic E-state index is 14.9. The van der Waals surface area contributed by atoms with Gasteiger partial charge in [-0.3, -0.25) is 9.59 Å². The summed E-state index contributed by atoms with van der Waals surface area (Å²) >= 11 is 1.29. The number of anilines is 1. The summed E-state index contributed by atoms with van der Waals surface area (Å²) in [5.41, 5.74) is 2.02. The Balaban J connectivity index is 1.29. The van der Waals surface area contributed by atoms with Crippen molar-refractivity contribution in [2.45, 2.75) is 25.5 Å². The molecule has 1 saturated heterocycles. The first-order chi connectivity index (χ1) is 16.1. The van der Waals surface area contributed by atoms with Gasteiger partial charge in [0.05, 0.1) is 6.54 Å². The molecule has 0 unspecified atom stereocenters. The minimum atomic E-state index is -0.450. The monoisotopic (exact) mass is 466 g/mol. The summed E-state index contributed by atoms with van der Waals surface area (Å²) in [4.78, 5) is 30.5. The Kier molecular flexibility index (Phi) is 6.06. The van der Waals surface area contributed by atoms with E-state index in [1.54, 1.807) is 17.6 Å². The number of hydrogen-bond donors (Lipinski definition) is 2. The number of benzene rings is 2. The lowest BCUT2D eigenvalue weighted by molar-refractivity contribution is -0.116. The SMILES string of the molecule is O=C(CN1Cc2c(F)cc(-c3ccc(OC4CCNCC4)cc3)cc2C1=O)Nc1nccs1. The molecule has 7 nitrogen and oxygen atoms in total. The predicted octanol–water partition coefficient (Wildman–Crippen LogP) is 3.67. The molecule has 1 fully saturated rings. The number of hydrogen-bond acceptors (Lipinski definition) is 6. The van der Waals surface area contributed by atoms with E-state index in [-0.39, 0.29) is 31.0 Å². The second-order valence-electron chi connectivity index (χ2n) is 8.12. The molecule has 33 heavy (non-hydrogen) atoms. The van der Waals surface area contributed by atoms with Gasteiger partial charge in [0.15, 0.2) is 5.13 Å². The Morgan fingerprint density at radius 1 is 1.21 bits per heavy atom. The van der Waals surface area contributed by atoms with Crippen molar-refractivity contribution in [2.75, 3.05) is 25.0 Å². The van der Waals surface area contributed by atoms with Crippen molar-refractivity contribution >= 4 is 28.3 Å². The van der Waals surface area contributed by atoms with Crippen LogP contribution in [-0.4, -0.2) is 47.4 Å². The molecule has 3 heterocycles. The summed E-state index contributed by atoms with van der Waals surface area (Å²) < 4.78 is 20.9. The Hall–Kier alpha value is -3.30. The molecule has 0 atom stereocenters. The number of halogens is 1. The zero-order chi connectivity index (χ0) is 22.8. The number of carbonyl (C=O) groups is 2. The predicted molar refractivity (Wildman–Crippen MR) is 124 cm³/mol. The van der Waals surface area contributed by atoms with Gasteiger partial charge in [0, 0.05) is 22.7 Å². The van der Waals surface area contributed by atoms with E-state index in [9.17, 15) is 14.0 Å². The number of fused-ring (bicyclic) bond motifs is 1. The average molecular weight is 467 g/mol. The molecule has 0 aliphatic carbocycles. The third-order valence-corrected chi connectivity index (χ3v) is 6.54. The summed E-state index contributed by atoms with van der Waals surface area (Å²) in [5.74, 6) is -0.392. The van der Waals surface area contributed by atoms with Crippen LogP contribution >= 0.6 is 11.3 Å². The lowest BCUT2D eigenvalue weighted by Gasteiger charge is -2.23. The molecule has 0 saturated carbocycles. The molecule has 5 rings (SSSR count). The molecule has 2 aliphatic heterocycles. The molecule has 0 spiro atoms. The van der Waals surface area contributed by atoms with E-state index in [4.69, 9.17) is 4.74 Å². The van der Waals surface area contributed by atoms with Crippen LogP contribution in [0.4, 0.5) is 9.52 Å². The van der Waals surface area contributed by atoms with Crippen molar-refractivity contribution in [3.05, 3.63) is 64.9 Å². The number of thiazole rings is 1. The molecule has 2 aliphatic rings. The smallest absolute Gasteiger partial charge is 0.255 e. The van der Waals surface area contributed by atoms with Crippen LogP contribution in [0.2, 0.25) is 0 Å². The highest BCUT2D eigenvalue weighted by molar-refractivity contribution is 7.13. The third kappa shape index (κ3) is 4.74. The summed E-state index contributed by atoms with van der Waals surface area (Å²) in [5, 5.41) is 8.17. The highest BCUT2D eigenvalue weighted by Gasteiger charge is 2.32. The molecule has 0 bridgehead atoms. The molecule has 9 heteroatoms. The number of nitrogens with one attached hydrogen (secondary N) is 2. The highest BCUT2D eigenvalue weighted by Crippen LogP contribution is 2.32. The topological polar surface area (TPSA) is 83.6 Å². The molecule has 3 aromatic rings. The Morgan fingerprint density at radius 2 is 2.00 bits per heavy atom. The standard InChI is InChI=1S/C24H23FN4O3S/c25-21-12-16(15-1-3-17(4-2-15)32-18-5-7-26-8-6-18)11-19-20(21)13-29(23(19)31)14-22(30)28-24-27-9-10-33-24/h1-4,9-12,18,26H,5-8,13-14H2,(H,27,28,30). The van der Waals surface area contributed by atoms with Gasteiger partial charge >= 0.3 is 0 Å². The van der Waals surface area contributed by atoms with Gasteiger partial charge in [-0.2, -0.15) is 0 Å². The maximum absolute atomic E-state index is 14.9. The van der Waals surface area contributed by atoms with Gasteiger partial charge < -0.3 is 20.3 Å². The maximum Gasteiger partial charge on any atom is 0.255 e. The first-order valence-corrected chi connectivity index (χ1v) is 11.7. The zero-order valence-electron chi connectivity index (χ0n) is 17.8. The van der Waals surface area contributed by atoms with Crippen LogP contribution in [0.5, 0.6) is 5.75 Å². The summed E-state index contributed by atoms with van der Waals surface area (Å²) in [7, 11) is 0. The third-order valence-electron chi connectivity index (χ3n) is 5.85. The number of rotatable bonds is 6. The van der Waals surface area contributed by atoms with Gasteiger partial charge in [-0.1, -0.05) is 12.1 Å². The van der Waals surface area contributed by atoms with Gasteiger partial charge in [0.2, 0.25) is 5.91 Å². The van der Waals surface area contributed by atoms with Crippen LogP contribution in [0, 0.1) is 5.82 Å². The molecule has 2 N–H and O–H groups in total. The van der Waals surface area contributed by atoms with Crippen molar-refractivity contribution < 1.29 is 18.7 Å². The van der Waals surface area contributed by atoms with E-state index in [0.717, 1.165) is 37.2 Å². The first-order valence-electron chi connectivity index (χ1n) is 10.9. The first kappa shape index (κ1) is 21.5. The fourth-order valence-electron chi connectivity index (χ4n) is 4.16. The van der Waals surface area contributed by atoms with Crippen LogP contribution in [0.3, 0.4) is 0 Å². The van der Waals surface area contributed by atoms with Gasteiger partial charge in [-0.15, -0.1) is 11.3 Å². The van der Waals surface area contributed by atoms with Crippen molar-refractivity contribution in [1.82, 2.24) is 15.2 Å². The van der Waals surface area contributed by atoms with Gasteiger partial charge in [0.25, 0.3) is 5.91 Å². The average Bonchev–Trinajstić information content (AvgIpc) is 3.44. The lowest BCUT2D eigenvalue weighted by atomic mass is 9.99. The van der Waals surface area contributed by atoms with E-state index in [0.29, 0.717) is 21.8 Å². The van der Waals surface area contributed by atoms with Gasteiger partial charge in [-0.05, 0) is 61.3 Å². The molecule has 2 amide bonds. The fraction of sp³-hybridized carbons (Fsp3) is 0.292. The van der Waals surface area contributed by atoms with Crippen LogP contribution in [0.25, 0.3) is 11.1 Å². The van der Waals surface area contributed by atoms with Crippen LogP contribution in [-0.2, 0) is 11.3 Å². The Bertz CT molecular complexity index is 1160. The van der Waals surface area contributed by atoms with Crippen LogP contribution in [0.15, 0.2) is 48.0 Å². The van der Waals surface area contributed by atoms with Crippen LogP contribution in [0.1, 0.15) is 28.8 Å². The summed E-state index contributed by atoms with van der Waals surface area (Å²) in [6, 6.07) is 10.6. The summed E-state index contributed by atoms with van der Waals surface area (Å²) in [6.07, 6.45) is 3.72. The molecule has 1 aromatic heterocycles. The number of nitrogens with zero attached hydrogens (tertiary/aromatic N) is 2. The normalized spacial score (nSPS) is 16.0. The Labute approximate surface area is 194 Å². The number of piperidine rings is 1. The quantitative estimate of drug-likeness (QED) is 0.579. The van der Waals surface area contributed by atoms with E-state index in [2.05, 4.69) is 15.6 Å². The minimum Gasteiger partial charge on any atom is -0.490 e. The van der Waals surface area contributed by atoms with Crippen molar-refractivity contribution in [2.24, 2.45) is 0 Å². The molecular formula is C24H23FN4O3S. The second-order valence-corrected chi connectivity index (χ2v) is 9.02. The van der Waals surface area contributed by atoms with Crippen molar-refractivity contribution in [3.8, 4) is 16.9 Å². The van der Waals surface area contributed by atoms with Gasteiger partial charge in [0.1, 0.15) is 24.2 Å². The van der Waals surface area contributed by atoms with Gasteiger partial charge in [-0.25, -0.2) is 9.37 Å². The summed E-state index contributed by atoms with van der Waals surface area (Å²) in [6.45, 7) is 1.81. The van der Waals surface area contributed by atoms with E-state index < -0.39 is 5.82 Å². The lowest BCUT2D eigenvalue weighted by Crippen LogP contribution is -2.34. The molecule has 0 radical (unpaired) electrons. The van der Waals surface area contributed by atoms with E-state index in [1.807, 2.05) is 24.3 Å².